The molecule has 2 heteroatoms. The summed E-state index contributed by atoms with van der Waals surface area (Å²) in [4.78, 5) is 2.62. The third-order valence-corrected chi connectivity index (χ3v) is 4.40. The first kappa shape index (κ1) is 11.2. The molecule has 0 saturated carbocycles. The molecule has 17 heavy (non-hydrogen) atoms. The first-order chi connectivity index (χ1) is 8.34. The highest BCUT2D eigenvalue weighted by molar-refractivity contribution is 5.18. The predicted octanol–water partition coefficient (Wildman–Crippen LogP) is 2.72. The number of rotatable bonds is 2. The zero-order valence-corrected chi connectivity index (χ0v) is 10.5. The third-order valence-electron chi connectivity index (χ3n) is 4.40. The lowest BCUT2D eigenvalue weighted by Crippen LogP contribution is -2.26. The average molecular weight is 231 g/mol. The monoisotopic (exact) mass is 231 g/mol. The molecule has 2 heterocycles. The predicted molar refractivity (Wildman–Crippen MR) is 68.8 cm³/mol. The summed E-state index contributed by atoms with van der Waals surface area (Å²) in [5, 5.41) is 0. The maximum Gasteiger partial charge on any atom is 0.0509 e. The molecule has 2 unspecified atom stereocenters. The van der Waals surface area contributed by atoms with Crippen LogP contribution in [-0.4, -0.2) is 31.2 Å². The minimum absolute atomic E-state index is 0.543. The normalized spacial score (nSPS) is 31.1. The lowest BCUT2D eigenvalue weighted by molar-refractivity contribution is 0.0369. The quantitative estimate of drug-likeness (QED) is 0.776. The lowest BCUT2D eigenvalue weighted by atomic mass is 9.92. The highest BCUT2D eigenvalue weighted by atomic mass is 16.5. The van der Waals surface area contributed by atoms with Gasteiger partial charge in [0.05, 0.1) is 6.61 Å². The average Bonchev–Trinajstić information content (AvgIpc) is 2.82. The third kappa shape index (κ3) is 2.24. The first-order valence-electron chi connectivity index (χ1n) is 6.71. The fourth-order valence-corrected chi connectivity index (χ4v) is 3.22. The van der Waals surface area contributed by atoms with Crippen molar-refractivity contribution in [3.05, 3.63) is 35.9 Å². The standard InChI is InChI=1S/C15H21NO/c1-12(13-5-3-2-4-6-13)16-9-14-7-8-17-11-15(14)10-16/h2-6,12,14-15H,7-11H2,1H3/t12-,14?,15?/m1/s1. The maximum absolute atomic E-state index is 5.59. The first-order valence-corrected chi connectivity index (χ1v) is 6.71. The fraction of sp³-hybridized carbons (Fsp3) is 0.600. The Kier molecular flexibility index (Phi) is 3.17. The summed E-state index contributed by atoms with van der Waals surface area (Å²) < 4.78 is 5.59. The molecule has 2 saturated heterocycles. The number of hydrogen-bond acceptors (Lipinski definition) is 2. The van der Waals surface area contributed by atoms with Crippen molar-refractivity contribution >= 4 is 0 Å². The molecule has 2 aliphatic rings. The smallest absolute Gasteiger partial charge is 0.0509 e. The summed E-state index contributed by atoms with van der Waals surface area (Å²) in [6, 6.07) is 11.4. The molecule has 0 spiro atoms. The van der Waals surface area contributed by atoms with E-state index in [1.807, 2.05) is 0 Å². The maximum atomic E-state index is 5.59. The number of benzene rings is 1. The molecule has 92 valence electrons. The Morgan fingerprint density at radius 3 is 2.71 bits per heavy atom. The van der Waals surface area contributed by atoms with Crippen molar-refractivity contribution in [3.63, 3.8) is 0 Å². The molecule has 0 amide bonds. The van der Waals surface area contributed by atoms with Crippen molar-refractivity contribution in [1.82, 2.24) is 4.90 Å². The molecule has 0 aliphatic carbocycles. The molecule has 2 aliphatic heterocycles. The van der Waals surface area contributed by atoms with Gasteiger partial charge >= 0.3 is 0 Å². The Bertz CT molecular complexity index is 350. The highest BCUT2D eigenvalue weighted by Gasteiger charge is 2.36. The van der Waals surface area contributed by atoms with Crippen LogP contribution < -0.4 is 0 Å². The summed E-state index contributed by atoms with van der Waals surface area (Å²) in [6.45, 7) is 6.73. The molecule has 0 radical (unpaired) electrons. The zero-order valence-electron chi connectivity index (χ0n) is 10.5. The van der Waals surface area contributed by atoms with E-state index >= 15 is 0 Å². The van der Waals surface area contributed by atoms with Gasteiger partial charge in [-0.1, -0.05) is 30.3 Å². The van der Waals surface area contributed by atoms with Gasteiger partial charge in [-0.3, -0.25) is 4.90 Å². The summed E-state index contributed by atoms with van der Waals surface area (Å²) in [5.74, 6) is 1.64. The molecular formula is C15H21NO. The second kappa shape index (κ2) is 4.79. The Morgan fingerprint density at radius 1 is 1.18 bits per heavy atom. The van der Waals surface area contributed by atoms with Crippen LogP contribution in [0.5, 0.6) is 0 Å². The van der Waals surface area contributed by atoms with Crippen LogP contribution in [0.3, 0.4) is 0 Å². The number of ether oxygens (including phenoxy) is 1. The van der Waals surface area contributed by atoms with Crippen LogP contribution in [0.2, 0.25) is 0 Å². The lowest BCUT2D eigenvalue weighted by Gasteiger charge is -2.24. The van der Waals surface area contributed by atoms with Crippen LogP contribution in [0, 0.1) is 11.8 Å². The summed E-state index contributed by atoms with van der Waals surface area (Å²) in [7, 11) is 0. The van der Waals surface area contributed by atoms with E-state index in [2.05, 4.69) is 42.2 Å². The van der Waals surface area contributed by atoms with Crippen molar-refractivity contribution in [2.24, 2.45) is 11.8 Å². The largest absolute Gasteiger partial charge is 0.381 e. The van der Waals surface area contributed by atoms with Crippen LogP contribution in [0.4, 0.5) is 0 Å². The molecule has 0 N–H and O–H groups in total. The topological polar surface area (TPSA) is 12.5 Å². The van der Waals surface area contributed by atoms with E-state index in [4.69, 9.17) is 4.74 Å². The van der Waals surface area contributed by atoms with Crippen LogP contribution in [0.1, 0.15) is 24.9 Å². The number of hydrogen-bond donors (Lipinski definition) is 0. The summed E-state index contributed by atoms with van der Waals surface area (Å²) in [5.41, 5.74) is 1.44. The SMILES string of the molecule is C[C@H](c1ccccc1)N1CC2CCOCC2C1. The van der Waals surface area contributed by atoms with Gasteiger partial charge in [0.2, 0.25) is 0 Å². The van der Waals surface area contributed by atoms with E-state index in [0.29, 0.717) is 6.04 Å². The second-order valence-electron chi connectivity index (χ2n) is 5.42. The summed E-state index contributed by atoms with van der Waals surface area (Å²) >= 11 is 0. The van der Waals surface area contributed by atoms with E-state index in [0.717, 1.165) is 25.0 Å². The Morgan fingerprint density at radius 2 is 1.94 bits per heavy atom. The minimum Gasteiger partial charge on any atom is -0.381 e. The van der Waals surface area contributed by atoms with Gasteiger partial charge < -0.3 is 4.74 Å². The number of likely N-dealkylation sites (tertiary alicyclic amines) is 1. The van der Waals surface area contributed by atoms with Crippen molar-refractivity contribution in [2.75, 3.05) is 26.3 Å². The van der Waals surface area contributed by atoms with E-state index in [1.165, 1.54) is 25.1 Å². The van der Waals surface area contributed by atoms with Crippen molar-refractivity contribution in [3.8, 4) is 0 Å². The molecule has 3 rings (SSSR count). The number of nitrogens with zero attached hydrogens (tertiary/aromatic N) is 1. The van der Waals surface area contributed by atoms with Gasteiger partial charge in [-0.15, -0.1) is 0 Å². The molecule has 0 aromatic heterocycles. The second-order valence-corrected chi connectivity index (χ2v) is 5.42. The van der Waals surface area contributed by atoms with Crippen LogP contribution >= 0.6 is 0 Å². The molecule has 2 nitrogen and oxygen atoms in total. The molecule has 2 fully saturated rings. The van der Waals surface area contributed by atoms with Crippen LogP contribution in [-0.2, 0) is 4.74 Å². The molecular weight excluding hydrogens is 210 g/mol. The minimum atomic E-state index is 0.543. The molecule has 1 aromatic carbocycles. The van der Waals surface area contributed by atoms with E-state index in [9.17, 15) is 0 Å². The van der Waals surface area contributed by atoms with E-state index in [-0.39, 0.29) is 0 Å². The van der Waals surface area contributed by atoms with E-state index in [1.54, 1.807) is 0 Å². The molecule has 3 atom stereocenters. The molecule has 1 aromatic rings. The van der Waals surface area contributed by atoms with Gasteiger partial charge in [0.1, 0.15) is 0 Å². The Hall–Kier alpha value is -0.860. The van der Waals surface area contributed by atoms with Gasteiger partial charge in [0.25, 0.3) is 0 Å². The van der Waals surface area contributed by atoms with Gasteiger partial charge in [0.15, 0.2) is 0 Å². The Balaban J connectivity index is 1.70. The number of fused-ring (bicyclic) bond motifs is 1. The van der Waals surface area contributed by atoms with Crippen molar-refractivity contribution < 1.29 is 4.74 Å². The van der Waals surface area contributed by atoms with Gasteiger partial charge in [0, 0.05) is 25.7 Å². The zero-order chi connectivity index (χ0) is 11.7. The molecule has 0 bridgehead atoms. The van der Waals surface area contributed by atoms with Gasteiger partial charge in [-0.05, 0) is 30.7 Å². The van der Waals surface area contributed by atoms with Crippen molar-refractivity contribution in [2.45, 2.75) is 19.4 Å². The fourth-order valence-electron chi connectivity index (χ4n) is 3.22. The highest BCUT2D eigenvalue weighted by Crippen LogP contribution is 2.34. The van der Waals surface area contributed by atoms with E-state index < -0.39 is 0 Å². The van der Waals surface area contributed by atoms with Gasteiger partial charge in [-0.25, -0.2) is 0 Å². The van der Waals surface area contributed by atoms with Crippen LogP contribution in [0.25, 0.3) is 0 Å². The van der Waals surface area contributed by atoms with Crippen LogP contribution in [0.15, 0.2) is 30.3 Å². The Labute approximate surface area is 104 Å². The van der Waals surface area contributed by atoms with Crippen molar-refractivity contribution in [1.29, 1.82) is 0 Å². The van der Waals surface area contributed by atoms with Gasteiger partial charge in [-0.2, -0.15) is 0 Å². The summed E-state index contributed by atoms with van der Waals surface area (Å²) in [6.07, 6.45) is 1.25.